The molecular weight excluding hydrogens is 350 g/mol. The van der Waals surface area contributed by atoms with Gasteiger partial charge in [-0.05, 0) is 44.4 Å². The van der Waals surface area contributed by atoms with Crippen molar-refractivity contribution in [1.82, 2.24) is 20.3 Å². The van der Waals surface area contributed by atoms with Crippen molar-refractivity contribution in [3.63, 3.8) is 0 Å². The molecule has 28 heavy (non-hydrogen) atoms. The number of pyridine rings is 1. The molecule has 3 rings (SSSR count). The molecule has 6 heteroatoms. The van der Waals surface area contributed by atoms with Gasteiger partial charge >= 0.3 is 0 Å². The molecule has 2 aromatic heterocycles. The van der Waals surface area contributed by atoms with E-state index in [4.69, 9.17) is 0 Å². The van der Waals surface area contributed by atoms with E-state index in [1.807, 2.05) is 27.1 Å². The van der Waals surface area contributed by atoms with E-state index in [0.717, 1.165) is 18.5 Å². The van der Waals surface area contributed by atoms with Gasteiger partial charge in [-0.1, -0.05) is 25.3 Å². The highest BCUT2D eigenvalue weighted by Crippen LogP contribution is 2.38. The van der Waals surface area contributed by atoms with Gasteiger partial charge in [-0.15, -0.1) is 0 Å². The number of hydrogen-bond acceptors (Lipinski definition) is 5. The Labute approximate surface area is 167 Å². The van der Waals surface area contributed by atoms with Crippen LogP contribution in [0.5, 0.6) is 0 Å². The minimum Gasteiger partial charge on any atom is -0.351 e. The minimum atomic E-state index is -0.0622. The third kappa shape index (κ3) is 4.74. The van der Waals surface area contributed by atoms with E-state index in [2.05, 4.69) is 32.4 Å². The zero-order valence-corrected chi connectivity index (χ0v) is 17.0. The predicted molar refractivity (Wildman–Crippen MR) is 111 cm³/mol. The van der Waals surface area contributed by atoms with Gasteiger partial charge < -0.3 is 10.2 Å². The molecule has 1 fully saturated rings. The summed E-state index contributed by atoms with van der Waals surface area (Å²) in [7, 11) is 1.84. The maximum absolute atomic E-state index is 12.7. The summed E-state index contributed by atoms with van der Waals surface area (Å²) < 4.78 is 0. The van der Waals surface area contributed by atoms with Gasteiger partial charge in [0.15, 0.2) is 0 Å². The summed E-state index contributed by atoms with van der Waals surface area (Å²) in [5.41, 5.74) is 2.85. The highest BCUT2D eigenvalue weighted by atomic mass is 16.1. The van der Waals surface area contributed by atoms with E-state index < -0.39 is 0 Å². The standard InChI is InChI=1S/C22H29N5O/c1-17(15-27(3)21-23-12-7-13-24-21)20(28)26-16-22(10-5-4-6-11-22)19-9-8-18(2)25-14-19/h7-9,12-15H,4-6,10-11,16H2,1-3H3,(H,26,28). The Kier molecular flexibility index (Phi) is 6.39. The van der Waals surface area contributed by atoms with Crippen molar-refractivity contribution in [3.05, 3.63) is 59.8 Å². The molecule has 0 aliphatic heterocycles. The molecule has 2 aromatic rings. The van der Waals surface area contributed by atoms with Crippen LogP contribution in [0.3, 0.4) is 0 Å². The number of carbonyl (C=O) groups excluding carboxylic acids is 1. The quantitative estimate of drug-likeness (QED) is 0.778. The first-order chi connectivity index (χ1) is 13.5. The van der Waals surface area contributed by atoms with Crippen LogP contribution in [-0.4, -0.2) is 34.5 Å². The number of amides is 1. The number of rotatable bonds is 6. The first kappa shape index (κ1) is 20.0. The van der Waals surface area contributed by atoms with Crippen LogP contribution >= 0.6 is 0 Å². The predicted octanol–water partition coefficient (Wildman–Crippen LogP) is 3.54. The van der Waals surface area contributed by atoms with Crippen molar-refractivity contribution in [1.29, 1.82) is 0 Å². The average Bonchev–Trinajstić information content (AvgIpc) is 2.73. The Hall–Kier alpha value is -2.76. The van der Waals surface area contributed by atoms with Gasteiger partial charge in [0, 0.05) is 55.1 Å². The second kappa shape index (κ2) is 8.95. The number of nitrogens with one attached hydrogen (secondary N) is 1. The molecule has 0 aromatic carbocycles. The molecule has 1 aliphatic carbocycles. The van der Waals surface area contributed by atoms with Gasteiger partial charge in [0.25, 0.3) is 0 Å². The van der Waals surface area contributed by atoms with E-state index in [1.165, 1.54) is 24.8 Å². The molecule has 2 heterocycles. The fourth-order valence-corrected chi connectivity index (χ4v) is 3.85. The van der Waals surface area contributed by atoms with Crippen LogP contribution in [0.1, 0.15) is 50.3 Å². The highest BCUT2D eigenvalue weighted by Gasteiger charge is 2.34. The first-order valence-electron chi connectivity index (χ1n) is 9.90. The second-order valence-electron chi connectivity index (χ2n) is 7.68. The summed E-state index contributed by atoms with van der Waals surface area (Å²) in [5, 5.41) is 3.16. The molecular formula is C22H29N5O. The lowest BCUT2D eigenvalue weighted by molar-refractivity contribution is -0.117. The summed E-state index contributed by atoms with van der Waals surface area (Å²) in [4.78, 5) is 27.4. The first-order valence-corrected chi connectivity index (χ1v) is 9.90. The van der Waals surface area contributed by atoms with Crippen molar-refractivity contribution in [3.8, 4) is 0 Å². The zero-order valence-electron chi connectivity index (χ0n) is 17.0. The number of carbonyl (C=O) groups is 1. The van der Waals surface area contributed by atoms with Gasteiger partial charge in [0.05, 0.1) is 0 Å². The molecule has 0 bridgehead atoms. The molecule has 0 radical (unpaired) electrons. The van der Waals surface area contributed by atoms with Gasteiger partial charge in [0.2, 0.25) is 11.9 Å². The lowest BCUT2D eigenvalue weighted by Gasteiger charge is -2.38. The Morgan fingerprint density at radius 3 is 2.54 bits per heavy atom. The Balaban J connectivity index is 1.69. The van der Waals surface area contributed by atoms with E-state index in [9.17, 15) is 4.79 Å². The molecule has 148 valence electrons. The topological polar surface area (TPSA) is 71.0 Å². The number of nitrogens with zero attached hydrogens (tertiary/aromatic N) is 4. The summed E-state index contributed by atoms with van der Waals surface area (Å²) in [6.07, 6.45) is 12.9. The van der Waals surface area contributed by atoms with Crippen molar-refractivity contribution >= 4 is 11.9 Å². The molecule has 0 atom stereocenters. The minimum absolute atomic E-state index is 0.0245. The largest absolute Gasteiger partial charge is 0.351 e. The summed E-state index contributed by atoms with van der Waals surface area (Å²) in [6.45, 7) is 4.45. The fourth-order valence-electron chi connectivity index (χ4n) is 3.85. The fraction of sp³-hybridized carbons (Fsp3) is 0.455. The van der Waals surface area contributed by atoms with Crippen LogP contribution in [-0.2, 0) is 10.2 Å². The van der Waals surface area contributed by atoms with Crippen molar-refractivity contribution in [2.24, 2.45) is 0 Å². The van der Waals surface area contributed by atoms with Gasteiger partial charge in [-0.3, -0.25) is 9.78 Å². The van der Waals surface area contributed by atoms with Gasteiger partial charge in [-0.25, -0.2) is 9.97 Å². The average molecular weight is 380 g/mol. The maximum atomic E-state index is 12.7. The Morgan fingerprint density at radius 1 is 1.18 bits per heavy atom. The molecule has 0 spiro atoms. The van der Waals surface area contributed by atoms with E-state index in [1.54, 1.807) is 29.6 Å². The smallest absolute Gasteiger partial charge is 0.248 e. The van der Waals surface area contributed by atoms with Gasteiger partial charge in [-0.2, -0.15) is 0 Å². The van der Waals surface area contributed by atoms with Crippen LogP contribution in [0.4, 0.5) is 5.95 Å². The SMILES string of the molecule is CC(=CN(C)c1ncccn1)C(=O)NCC1(c2ccc(C)nc2)CCCCC1. The van der Waals surface area contributed by atoms with Crippen LogP contribution in [0.25, 0.3) is 0 Å². The molecule has 0 saturated heterocycles. The third-order valence-corrected chi connectivity index (χ3v) is 5.53. The van der Waals surface area contributed by atoms with Crippen molar-refractivity contribution in [2.75, 3.05) is 18.5 Å². The number of aromatic nitrogens is 3. The lowest BCUT2D eigenvalue weighted by atomic mass is 9.69. The molecule has 6 nitrogen and oxygen atoms in total. The van der Waals surface area contributed by atoms with Crippen molar-refractivity contribution < 1.29 is 4.79 Å². The van der Waals surface area contributed by atoms with E-state index in [-0.39, 0.29) is 11.3 Å². The highest BCUT2D eigenvalue weighted by molar-refractivity contribution is 5.93. The summed E-state index contributed by atoms with van der Waals surface area (Å²) in [5.74, 6) is 0.497. The monoisotopic (exact) mass is 379 g/mol. The van der Waals surface area contributed by atoms with Crippen LogP contribution < -0.4 is 10.2 Å². The van der Waals surface area contributed by atoms with Crippen molar-refractivity contribution in [2.45, 2.75) is 51.4 Å². The molecule has 1 N–H and O–H groups in total. The Morgan fingerprint density at radius 2 is 1.89 bits per heavy atom. The second-order valence-corrected chi connectivity index (χ2v) is 7.68. The van der Waals surface area contributed by atoms with Crippen LogP contribution in [0, 0.1) is 6.92 Å². The molecule has 0 unspecified atom stereocenters. The lowest BCUT2D eigenvalue weighted by Crippen LogP contribution is -2.42. The normalized spacial score (nSPS) is 16.5. The number of hydrogen-bond donors (Lipinski definition) is 1. The van der Waals surface area contributed by atoms with Crippen LogP contribution in [0.15, 0.2) is 48.6 Å². The zero-order chi connectivity index (χ0) is 20.0. The van der Waals surface area contributed by atoms with E-state index in [0.29, 0.717) is 18.1 Å². The number of aryl methyl sites for hydroxylation is 1. The van der Waals surface area contributed by atoms with Gasteiger partial charge in [0.1, 0.15) is 0 Å². The molecule has 1 amide bonds. The summed E-state index contributed by atoms with van der Waals surface area (Å²) in [6, 6.07) is 6.00. The van der Waals surface area contributed by atoms with Crippen LogP contribution in [0.2, 0.25) is 0 Å². The number of anilines is 1. The van der Waals surface area contributed by atoms with E-state index >= 15 is 0 Å². The maximum Gasteiger partial charge on any atom is 0.248 e. The molecule has 1 aliphatic rings. The Bertz CT molecular complexity index is 811. The third-order valence-electron chi connectivity index (χ3n) is 5.53. The molecule has 1 saturated carbocycles. The summed E-state index contributed by atoms with van der Waals surface area (Å²) >= 11 is 0.